The highest BCUT2D eigenvalue weighted by atomic mass is 16.5. The summed E-state index contributed by atoms with van der Waals surface area (Å²) in [6.45, 7) is 0. The Labute approximate surface area is 159 Å². The Morgan fingerprint density at radius 3 is 1.21 bits per heavy atom. The second-order valence-electron chi connectivity index (χ2n) is 5.13. The van der Waals surface area contributed by atoms with Gasteiger partial charge in [-0.05, 0) is 12.1 Å². The summed E-state index contributed by atoms with van der Waals surface area (Å²) in [5, 5.41) is 0. The average molecular weight is 388 g/mol. The molecule has 0 aliphatic heterocycles. The number of ether oxygens (including phenoxy) is 4. The highest BCUT2D eigenvalue weighted by molar-refractivity contribution is 6.11. The van der Waals surface area contributed by atoms with E-state index >= 15 is 0 Å². The van der Waals surface area contributed by atoms with Crippen LogP contribution in [0.4, 0.5) is 0 Å². The topological polar surface area (TPSA) is 131 Å². The van der Waals surface area contributed by atoms with Crippen molar-refractivity contribution in [1.29, 1.82) is 0 Å². The number of carbonyl (C=O) groups excluding carboxylic acids is 4. The molecular weight excluding hydrogens is 372 g/mol. The molecule has 0 aliphatic rings. The van der Waals surface area contributed by atoms with Gasteiger partial charge in [-0.1, -0.05) is 0 Å². The van der Waals surface area contributed by atoms with Crippen molar-refractivity contribution in [3.05, 3.63) is 46.8 Å². The molecule has 10 nitrogen and oxygen atoms in total. The molecule has 146 valence electrons. The first-order valence-corrected chi connectivity index (χ1v) is 7.72. The maximum Gasteiger partial charge on any atom is 0.341 e. The maximum absolute atomic E-state index is 12.4. The number of aromatic nitrogens is 2. The average Bonchev–Trinajstić information content (AvgIpc) is 2.75. The monoisotopic (exact) mass is 388 g/mol. The first kappa shape index (κ1) is 20.5. The van der Waals surface area contributed by atoms with E-state index < -0.39 is 23.9 Å². The Morgan fingerprint density at radius 1 is 0.607 bits per heavy atom. The van der Waals surface area contributed by atoms with Gasteiger partial charge >= 0.3 is 23.9 Å². The van der Waals surface area contributed by atoms with Crippen molar-refractivity contribution in [2.75, 3.05) is 28.4 Å². The second-order valence-corrected chi connectivity index (χ2v) is 5.13. The molecule has 10 heteroatoms. The Balaban J connectivity index is 2.92. The van der Waals surface area contributed by atoms with E-state index in [2.05, 4.69) is 19.4 Å². The van der Waals surface area contributed by atoms with E-state index in [-0.39, 0.29) is 33.6 Å². The van der Waals surface area contributed by atoms with E-state index in [1.165, 1.54) is 24.5 Å². The van der Waals surface area contributed by atoms with Gasteiger partial charge in [0.2, 0.25) is 0 Å². The van der Waals surface area contributed by atoms with Crippen LogP contribution in [0.15, 0.2) is 24.5 Å². The molecular formula is C18H16N2O8. The maximum atomic E-state index is 12.4. The lowest BCUT2D eigenvalue weighted by Crippen LogP contribution is -2.18. The summed E-state index contributed by atoms with van der Waals surface area (Å²) >= 11 is 0. The summed E-state index contributed by atoms with van der Waals surface area (Å²) < 4.78 is 18.8. The molecule has 0 N–H and O–H groups in total. The van der Waals surface area contributed by atoms with Crippen molar-refractivity contribution in [3.8, 4) is 11.4 Å². The van der Waals surface area contributed by atoms with Crippen LogP contribution in [0.5, 0.6) is 0 Å². The number of methoxy groups -OCH3 is 4. The van der Waals surface area contributed by atoms with Gasteiger partial charge in [0.1, 0.15) is 22.5 Å². The standard InChI is InChI=1S/C18H16N2O8/c1-25-15(21)9-5-7-19-13(11(9)17(23)27-3)14-12(18(24)28-4)10(6-8-20-14)16(22)26-2/h5-8H,1-4H3. The van der Waals surface area contributed by atoms with E-state index in [0.29, 0.717) is 0 Å². The molecule has 0 atom stereocenters. The number of carbonyl (C=O) groups is 4. The SMILES string of the molecule is COC(=O)c1ccnc(-c2nccc(C(=O)OC)c2C(=O)OC)c1C(=O)OC. The van der Waals surface area contributed by atoms with Crippen molar-refractivity contribution in [2.24, 2.45) is 0 Å². The van der Waals surface area contributed by atoms with Crippen LogP contribution in [-0.2, 0) is 18.9 Å². The predicted molar refractivity (Wildman–Crippen MR) is 92.8 cm³/mol. The molecule has 0 aromatic carbocycles. The van der Waals surface area contributed by atoms with Crippen LogP contribution < -0.4 is 0 Å². The van der Waals surface area contributed by atoms with Gasteiger partial charge in [0.05, 0.1) is 39.6 Å². The van der Waals surface area contributed by atoms with Gasteiger partial charge in [-0.3, -0.25) is 9.97 Å². The lowest BCUT2D eigenvalue weighted by Gasteiger charge is -2.14. The lowest BCUT2D eigenvalue weighted by molar-refractivity contribution is 0.0553. The number of esters is 4. The summed E-state index contributed by atoms with van der Waals surface area (Å²) in [6, 6.07) is 2.51. The molecule has 2 aromatic rings. The van der Waals surface area contributed by atoms with Crippen molar-refractivity contribution < 1.29 is 38.1 Å². The van der Waals surface area contributed by atoms with Gasteiger partial charge in [-0.15, -0.1) is 0 Å². The predicted octanol–water partition coefficient (Wildman–Crippen LogP) is 1.29. The molecule has 2 aromatic heterocycles. The normalized spacial score (nSPS) is 10.0. The van der Waals surface area contributed by atoms with Crippen molar-refractivity contribution in [2.45, 2.75) is 0 Å². The quantitative estimate of drug-likeness (QED) is 0.545. The fourth-order valence-corrected chi connectivity index (χ4v) is 2.46. The van der Waals surface area contributed by atoms with Crippen molar-refractivity contribution >= 4 is 23.9 Å². The summed E-state index contributed by atoms with van der Waals surface area (Å²) in [7, 11) is 4.50. The summed E-state index contributed by atoms with van der Waals surface area (Å²) in [5.74, 6) is -3.48. The Kier molecular flexibility index (Phi) is 6.38. The van der Waals surface area contributed by atoms with Crippen LogP contribution in [0.25, 0.3) is 11.4 Å². The Morgan fingerprint density at radius 2 is 0.929 bits per heavy atom. The number of pyridine rings is 2. The Bertz CT molecular complexity index is 877. The third kappa shape index (κ3) is 3.65. The van der Waals surface area contributed by atoms with Gasteiger partial charge in [-0.25, -0.2) is 19.2 Å². The van der Waals surface area contributed by atoms with Crippen molar-refractivity contribution in [1.82, 2.24) is 9.97 Å². The fraction of sp³-hybridized carbons (Fsp3) is 0.222. The van der Waals surface area contributed by atoms with Crippen LogP contribution in [0, 0.1) is 0 Å². The molecule has 0 aliphatic carbocycles. The molecule has 0 bridgehead atoms. The van der Waals surface area contributed by atoms with Gasteiger partial charge in [0.15, 0.2) is 0 Å². The van der Waals surface area contributed by atoms with Crippen molar-refractivity contribution in [3.63, 3.8) is 0 Å². The third-order valence-corrected chi connectivity index (χ3v) is 3.72. The number of rotatable bonds is 5. The molecule has 0 saturated heterocycles. The highest BCUT2D eigenvalue weighted by Gasteiger charge is 2.30. The molecule has 2 heterocycles. The summed E-state index contributed by atoms with van der Waals surface area (Å²) in [4.78, 5) is 57.1. The molecule has 0 radical (unpaired) electrons. The molecule has 2 rings (SSSR count). The number of hydrogen-bond donors (Lipinski definition) is 0. The van der Waals surface area contributed by atoms with E-state index in [1.54, 1.807) is 0 Å². The van der Waals surface area contributed by atoms with Gasteiger partial charge in [0, 0.05) is 12.4 Å². The van der Waals surface area contributed by atoms with E-state index in [1.807, 2.05) is 0 Å². The van der Waals surface area contributed by atoms with Crippen LogP contribution in [-0.4, -0.2) is 62.3 Å². The minimum absolute atomic E-state index is 0.152. The van der Waals surface area contributed by atoms with Crippen LogP contribution in [0.2, 0.25) is 0 Å². The number of hydrogen-bond acceptors (Lipinski definition) is 10. The molecule has 0 spiro atoms. The fourth-order valence-electron chi connectivity index (χ4n) is 2.46. The number of nitrogens with zero attached hydrogens (tertiary/aromatic N) is 2. The van der Waals surface area contributed by atoms with E-state index in [9.17, 15) is 19.2 Å². The highest BCUT2D eigenvalue weighted by Crippen LogP contribution is 2.29. The first-order valence-electron chi connectivity index (χ1n) is 7.72. The third-order valence-electron chi connectivity index (χ3n) is 3.72. The van der Waals surface area contributed by atoms with E-state index in [4.69, 9.17) is 9.47 Å². The molecule has 0 unspecified atom stereocenters. The van der Waals surface area contributed by atoms with Crippen LogP contribution in [0.3, 0.4) is 0 Å². The smallest absolute Gasteiger partial charge is 0.341 e. The minimum atomic E-state index is -0.912. The first-order chi connectivity index (χ1) is 13.4. The largest absolute Gasteiger partial charge is 0.465 e. The Hall–Kier alpha value is -3.82. The van der Waals surface area contributed by atoms with Crippen LogP contribution in [0.1, 0.15) is 41.4 Å². The molecule has 0 saturated carbocycles. The van der Waals surface area contributed by atoms with Gasteiger partial charge in [-0.2, -0.15) is 0 Å². The zero-order valence-electron chi connectivity index (χ0n) is 15.5. The molecule has 0 fully saturated rings. The summed E-state index contributed by atoms with van der Waals surface area (Å²) in [6.07, 6.45) is 2.45. The van der Waals surface area contributed by atoms with Gasteiger partial charge < -0.3 is 18.9 Å². The minimum Gasteiger partial charge on any atom is -0.465 e. The molecule has 28 heavy (non-hydrogen) atoms. The summed E-state index contributed by atoms with van der Waals surface area (Å²) in [5.41, 5.74) is -1.20. The van der Waals surface area contributed by atoms with Crippen LogP contribution >= 0.6 is 0 Å². The molecule has 0 amide bonds. The second kappa shape index (κ2) is 8.71. The zero-order valence-corrected chi connectivity index (χ0v) is 15.5. The van der Waals surface area contributed by atoms with E-state index in [0.717, 1.165) is 28.4 Å². The zero-order chi connectivity index (χ0) is 20.8. The van der Waals surface area contributed by atoms with Gasteiger partial charge in [0.25, 0.3) is 0 Å². The lowest BCUT2D eigenvalue weighted by atomic mass is 9.98.